The third kappa shape index (κ3) is 4.92. The van der Waals surface area contributed by atoms with Crippen molar-refractivity contribution in [3.8, 4) is 0 Å². The minimum absolute atomic E-state index is 0.178. The second kappa shape index (κ2) is 7.51. The van der Waals surface area contributed by atoms with Crippen LogP contribution in [0.1, 0.15) is 5.56 Å². The molecule has 0 saturated carbocycles. The van der Waals surface area contributed by atoms with Crippen LogP contribution in [0.25, 0.3) is 0 Å². The normalized spacial score (nSPS) is 11.2. The van der Waals surface area contributed by atoms with Gasteiger partial charge in [-0.1, -0.05) is 12.1 Å². The van der Waals surface area contributed by atoms with Gasteiger partial charge in [-0.05, 0) is 18.2 Å². The van der Waals surface area contributed by atoms with Crippen molar-refractivity contribution in [3.63, 3.8) is 0 Å². The number of nitrogens with zero attached hydrogens (tertiary/aromatic N) is 1. The van der Waals surface area contributed by atoms with E-state index in [0.717, 1.165) is 23.9 Å². The highest BCUT2D eigenvalue weighted by Gasteiger charge is 2.35. The Kier molecular flexibility index (Phi) is 5.62. The molecule has 10 heteroatoms. The summed E-state index contributed by atoms with van der Waals surface area (Å²) in [6, 6.07) is 7.66. The summed E-state index contributed by atoms with van der Waals surface area (Å²) in [5.74, 6) is -1.67. The molecule has 1 N–H and O–H groups in total. The third-order valence-corrected chi connectivity index (χ3v) is 4.04. The smallest absolute Gasteiger partial charge is 0.325 e. The first-order valence-corrected chi connectivity index (χ1v) is 7.70. The first-order valence-electron chi connectivity index (χ1n) is 6.71. The molecule has 0 aromatic heterocycles. The number of hydrogen-bond acceptors (Lipinski definition) is 4. The average molecular weight is 374 g/mol. The molecule has 0 fully saturated rings. The lowest BCUT2D eigenvalue weighted by atomic mass is 10.1. The van der Waals surface area contributed by atoms with Crippen molar-refractivity contribution in [1.29, 1.82) is 0 Å². The minimum atomic E-state index is -4.88. The molecular formula is C15H10F4N2O3S. The van der Waals surface area contributed by atoms with Gasteiger partial charge in [0.2, 0.25) is 5.91 Å². The molecule has 0 atom stereocenters. The highest BCUT2D eigenvalue weighted by atomic mass is 32.2. The second-order valence-corrected chi connectivity index (χ2v) is 5.77. The van der Waals surface area contributed by atoms with E-state index < -0.39 is 39.8 Å². The molecule has 0 aliphatic carbocycles. The number of nitrogens with one attached hydrogen (secondary N) is 1. The number of hydrogen-bond donors (Lipinski definition) is 1. The maximum Gasteiger partial charge on any atom is 0.418 e. The quantitative estimate of drug-likeness (QED) is 0.362. The molecule has 5 nitrogen and oxygen atoms in total. The first kappa shape index (κ1) is 18.7. The van der Waals surface area contributed by atoms with Gasteiger partial charge in [-0.3, -0.25) is 14.9 Å². The fourth-order valence-electron chi connectivity index (χ4n) is 1.88. The van der Waals surface area contributed by atoms with Crippen molar-refractivity contribution in [1.82, 2.24) is 0 Å². The number of thioether (sulfide) groups is 1. The number of carbonyl (C=O) groups is 1. The third-order valence-electron chi connectivity index (χ3n) is 2.99. The molecule has 0 bridgehead atoms. The maximum atomic E-state index is 13.4. The molecule has 0 spiro atoms. The number of halogens is 4. The summed E-state index contributed by atoms with van der Waals surface area (Å²) in [6.07, 6.45) is -4.88. The van der Waals surface area contributed by atoms with Gasteiger partial charge in [-0.25, -0.2) is 4.39 Å². The number of benzene rings is 2. The Balaban J connectivity index is 2.15. The van der Waals surface area contributed by atoms with Gasteiger partial charge in [0.05, 0.1) is 21.9 Å². The van der Waals surface area contributed by atoms with Gasteiger partial charge in [0.15, 0.2) is 0 Å². The Hall–Kier alpha value is -2.62. The molecule has 2 aromatic carbocycles. The number of amides is 1. The van der Waals surface area contributed by atoms with Crippen molar-refractivity contribution in [2.24, 2.45) is 0 Å². The van der Waals surface area contributed by atoms with E-state index in [1.54, 1.807) is 6.07 Å². The van der Waals surface area contributed by atoms with E-state index in [0.29, 0.717) is 6.07 Å². The van der Waals surface area contributed by atoms with Crippen LogP contribution in [0.3, 0.4) is 0 Å². The zero-order valence-corrected chi connectivity index (χ0v) is 13.2. The number of rotatable bonds is 5. The number of nitro groups is 1. The predicted octanol–water partition coefficient (Wildman–Crippen LogP) is 4.48. The van der Waals surface area contributed by atoms with E-state index in [-0.39, 0.29) is 10.6 Å². The summed E-state index contributed by atoms with van der Waals surface area (Å²) in [5, 5.41) is 12.7. The predicted molar refractivity (Wildman–Crippen MR) is 83.9 cm³/mol. The molecule has 2 rings (SSSR count). The van der Waals surface area contributed by atoms with E-state index in [2.05, 4.69) is 0 Å². The Labute approximate surface area is 143 Å². The van der Waals surface area contributed by atoms with Crippen LogP contribution in [0.2, 0.25) is 0 Å². The average Bonchev–Trinajstić information content (AvgIpc) is 2.53. The lowest BCUT2D eigenvalue weighted by molar-refractivity contribution is -0.385. The molecule has 0 saturated heterocycles. The van der Waals surface area contributed by atoms with E-state index in [9.17, 15) is 32.5 Å². The largest absolute Gasteiger partial charge is 0.418 e. The number of anilines is 1. The van der Waals surface area contributed by atoms with Crippen molar-refractivity contribution in [3.05, 3.63) is 64.0 Å². The van der Waals surface area contributed by atoms with Gasteiger partial charge in [0, 0.05) is 17.0 Å². The first-order chi connectivity index (χ1) is 11.7. The Morgan fingerprint density at radius 2 is 1.88 bits per heavy atom. The van der Waals surface area contributed by atoms with Crippen molar-refractivity contribution in [2.45, 2.75) is 11.1 Å². The molecule has 0 unspecified atom stereocenters. The van der Waals surface area contributed by atoms with E-state index in [1.165, 1.54) is 18.2 Å². The van der Waals surface area contributed by atoms with Crippen molar-refractivity contribution in [2.75, 3.05) is 11.1 Å². The summed E-state index contributed by atoms with van der Waals surface area (Å²) in [7, 11) is 0. The SMILES string of the molecule is O=C(CSc1ccccc1F)Nc1ccc([N+](=O)[O-])cc1C(F)(F)F. The number of non-ortho nitro benzene ring substituents is 1. The fraction of sp³-hybridized carbons (Fsp3) is 0.133. The molecule has 25 heavy (non-hydrogen) atoms. The minimum Gasteiger partial charge on any atom is -0.325 e. The van der Waals surface area contributed by atoms with Crippen LogP contribution < -0.4 is 5.32 Å². The van der Waals surface area contributed by atoms with Crippen LogP contribution in [0, 0.1) is 15.9 Å². The van der Waals surface area contributed by atoms with Gasteiger partial charge >= 0.3 is 6.18 Å². The topological polar surface area (TPSA) is 72.2 Å². The van der Waals surface area contributed by atoms with Crippen LogP contribution in [0.15, 0.2) is 47.4 Å². The van der Waals surface area contributed by atoms with Crippen LogP contribution in [0.5, 0.6) is 0 Å². The molecule has 1 amide bonds. The van der Waals surface area contributed by atoms with E-state index in [4.69, 9.17) is 0 Å². The lowest BCUT2D eigenvalue weighted by Crippen LogP contribution is -2.18. The van der Waals surface area contributed by atoms with Crippen LogP contribution >= 0.6 is 11.8 Å². The Morgan fingerprint density at radius 1 is 1.20 bits per heavy atom. The summed E-state index contributed by atoms with van der Waals surface area (Å²) in [4.78, 5) is 21.7. The van der Waals surface area contributed by atoms with Gasteiger partial charge in [-0.15, -0.1) is 11.8 Å². The highest BCUT2D eigenvalue weighted by molar-refractivity contribution is 8.00. The number of carbonyl (C=O) groups excluding carboxylic acids is 1. The zero-order valence-electron chi connectivity index (χ0n) is 12.3. The molecule has 132 valence electrons. The summed E-state index contributed by atoms with van der Waals surface area (Å²) >= 11 is 0.819. The van der Waals surface area contributed by atoms with Gasteiger partial charge in [0.1, 0.15) is 5.82 Å². The highest BCUT2D eigenvalue weighted by Crippen LogP contribution is 2.37. The molecule has 0 heterocycles. The van der Waals surface area contributed by atoms with Crippen molar-refractivity contribution >= 4 is 29.0 Å². The van der Waals surface area contributed by atoms with E-state index >= 15 is 0 Å². The van der Waals surface area contributed by atoms with Gasteiger partial charge in [0.25, 0.3) is 5.69 Å². The fourth-order valence-corrected chi connectivity index (χ4v) is 2.62. The Bertz CT molecular complexity index is 812. The van der Waals surface area contributed by atoms with E-state index in [1.807, 2.05) is 5.32 Å². The molecule has 0 aliphatic heterocycles. The van der Waals surface area contributed by atoms with Crippen LogP contribution in [0.4, 0.5) is 28.9 Å². The summed E-state index contributed by atoms with van der Waals surface area (Å²) in [5.41, 5.74) is -2.67. The van der Waals surface area contributed by atoms with Crippen molar-refractivity contribution < 1.29 is 27.3 Å². The Morgan fingerprint density at radius 3 is 2.48 bits per heavy atom. The maximum absolute atomic E-state index is 13.4. The number of nitro benzene ring substituents is 1. The molecule has 0 radical (unpaired) electrons. The second-order valence-electron chi connectivity index (χ2n) is 4.75. The lowest BCUT2D eigenvalue weighted by Gasteiger charge is -2.13. The van der Waals surface area contributed by atoms with Crippen LogP contribution in [-0.4, -0.2) is 16.6 Å². The summed E-state index contributed by atoms with van der Waals surface area (Å²) in [6.45, 7) is 0. The molecule has 0 aliphatic rings. The van der Waals surface area contributed by atoms with Crippen LogP contribution in [-0.2, 0) is 11.0 Å². The monoisotopic (exact) mass is 374 g/mol. The molecule has 2 aromatic rings. The molecular weight excluding hydrogens is 364 g/mol. The van der Waals surface area contributed by atoms with Gasteiger partial charge < -0.3 is 5.32 Å². The zero-order chi connectivity index (χ0) is 18.6. The number of alkyl halides is 3. The summed E-state index contributed by atoms with van der Waals surface area (Å²) < 4.78 is 52.5. The standard InChI is InChI=1S/C15H10F4N2O3S/c16-11-3-1-2-4-13(11)25-8-14(22)20-12-6-5-9(21(23)24)7-10(12)15(17,18)19/h1-7H,8H2,(H,20,22). The van der Waals surface area contributed by atoms with Gasteiger partial charge in [-0.2, -0.15) is 13.2 Å².